The zero-order valence-electron chi connectivity index (χ0n) is 25.1. The summed E-state index contributed by atoms with van der Waals surface area (Å²) < 4.78 is 65.2. The fourth-order valence-electron chi connectivity index (χ4n) is 6.06. The van der Waals surface area contributed by atoms with E-state index in [4.69, 9.17) is 4.74 Å². The van der Waals surface area contributed by atoms with E-state index < -0.39 is 32.1 Å². The number of carbonyl (C=O) groups excluding carboxylic acids is 1. The maximum absolute atomic E-state index is 14.4. The van der Waals surface area contributed by atoms with E-state index in [-0.39, 0.29) is 21.2 Å². The molecule has 1 unspecified atom stereocenters. The van der Waals surface area contributed by atoms with E-state index in [0.717, 1.165) is 11.1 Å². The lowest BCUT2D eigenvalue weighted by Gasteiger charge is -2.27. The van der Waals surface area contributed by atoms with Crippen LogP contribution in [-0.2, 0) is 29.6 Å². The van der Waals surface area contributed by atoms with Crippen molar-refractivity contribution in [1.82, 2.24) is 13.3 Å². The number of esters is 1. The predicted octanol–water partition coefficient (Wildman–Crippen LogP) is 5.89. The highest BCUT2D eigenvalue weighted by Gasteiger charge is 2.38. The van der Waals surface area contributed by atoms with E-state index in [0.29, 0.717) is 33.1 Å². The molecule has 0 saturated carbocycles. The molecule has 11 heteroatoms. The highest BCUT2D eigenvalue weighted by atomic mass is 32.2. The van der Waals surface area contributed by atoms with Crippen LogP contribution in [0, 0.1) is 13.8 Å². The minimum Gasteiger partial charge on any atom is -0.464 e. The molecule has 1 N–H and O–H groups in total. The Labute approximate surface area is 266 Å². The Morgan fingerprint density at radius 2 is 1.26 bits per heavy atom. The average molecular weight is 652 g/mol. The number of hydrogen-bond acceptors (Lipinski definition) is 7. The van der Waals surface area contributed by atoms with E-state index in [1.54, 1.807) is 91.0 Å². The quantitative estimate of drug-likeness (QED) is 0.223. The molecule has 0 radical (unpaired) electrons. The molecule has 232 valence electrons. The van der Waals surface area contributed by atoms with Crippen molar-refractivity contribution in [3.05, 3.63) is 137 Å². The lowest BCUT2D eigenvalue weighted by atomic mass is 9.96. The van der Waals surface area contributed by atoms with Crippen molar-refractivity contribution >= 4 is 53.9 Å². The van der Waals surface area contributed by atoms with Gasteiger partial charge in [0.25, 0.3) is 20.0 Å². The molecule has 0 saturated heterocycles. The Morgan fingerprint density at radius 1 is 0.717 bits per heavy atom. The van der Waals surface area contributed by atoms with Crippen molar-refractivity contribution < 1.29 is 26.4 Å². The maximum Gasteiger partial charge on any atom is 0.354 e. The van der Waals surface area contributed by atoms with E-state index in [1.807, 2.05) is 26.0 Å². The van der Waals surface area contributed by atoms with Crippen LogP contribution in [-0.4, -0.2) is 37.9 Å². The maximum atomic E-state index is 14.4. The van der Waals surface area contributed by atoms with Crippen LogP contribution in [0.1, 0.15) is 34.1 Å². The molecule has 0 fully saturated rings. The van der Waals surface area contributed by atoms with Gasteiger partial charge in [0, 0.05) is 16.3 Å². The molecular weight excluding hydrogens is 623 g/mol. The van der Waals surface area contributed by atoms with Crippen LogP contribution >= 0.6 is 0 Å². The number of aryl methyl sites for hydroxylation is 2. The highest BCUT2D eigenvalue weighted by molar-refractivity contribution is 7.90. The Kier molecular flexibility index (Phi) is 6.91. The molecule has 0 aliphatic carbocycles. The first kappa shape index (κ1) is 29.6. The van der Waals surface area contributed by atoms with Gasteiger partial charge >= 0.3 is 5.97 Å². The normalized spacial score (nSPS) is 14.9. The summed E-state index contributed by atoms with van der Waals surface area (Å²) in [6.07, 6.45) is 1.45. The van der Waals surface area contributed by atoms with Crippen LogP contribution in [0.4, 0.5) is 0 Å². The van der Waals surface area contributed by atoms with Gasteiger partial charge in [0.15, 0.2) is 0 Å². The molecule has 7 rings (SSSR count). The van der Waals surface area contributed by atoms with Crippen LogP contribution < -0.4 is 5.32 Å². The second-order valence-electron chi connectivity index (χ2n) is 11.2. The summed E-state index contributed by atoms with van der Waals surface area (Å²) in [5.74, 6) is -0.732. The smallest absolute Gasteiger partial charge is 0.354 e. The average Bonchev–Trinajstić information content (AvgIpc) is 3.61. The molecule has 0 amide bonds. The number of aromatic nitrogens is 2. The molecule has 6 aromatic rings. The second-order valence-corrected chi connectivity index (χ2v) is 14.8. The summed E-state index contributed by atoms with van der Waals surface area (Å²) in [6, 6.07) is 28.0. The molecular formula is C35H29N3O6S2. The SMILES string of the molecule is COC(=O)C1=Cc2c(c3ccccc3n2S(=O)(=O)c2ccc(C)cc2)C(c2cc3ccccc3n2S(=O)(=O)c2ccc(C)cc2)N1. The largest absolute Gasteiger partial charge is 0.464 e. The van der Waals surface area contributed by atoms with Crippen molar-refractivity contribution in [3.63, 3.8) is 0 Å². The number of hydrogen-bond donors (Lipinski definition) is 1. The summed E-state index contributed by atoms with van der Waals surface area (Å²) in [5, 5.41) is 4.44. The van der Waals surface area contributed by atoms with Gasteiger partial charge in [-0.3, -0.25) is 0 Å². The molecule has 4 aromatic carbocycles. The summed E-state index contributed by atoms with van der Waals surface area (Å²) in [5.41, 5.74) is 3.63. The third-order valence-electron chi connectivity index (χ3n) is 8.29. The summed E-state index contributed by atoms with van der Waals surface area (Å²) in [7, 11) is -7.13. The van der Waals surface area contributed by atoms with E-state index in [1.165, 1.54) is 21.1 Å². The molecule has 1 aliphatic rings. The molecule has 1 atom stereocenters. The van der Waals surface area contributed by atoms with Crippen LogP contribution in [0.15, 0.2) is 119 Å². The van der Waals surface area contributed by atoms with Gasteiger partial charge in [-0.15, -0.1) is 0 Å². The van der Waals surface area contributed by atoms with Gasteiger partial charge in [-0.05, 0) is 62.4 Å². The zero-order valence-corrected chi connectivity index (χ0v) is 26.8. The topological polar surface area (TPSA) is 116 Å². The molecule has 46 heavy (non-hydrogen) atoms. The fourth-order valence-corrected chi connectivity index (χ4v) is 9.13. The molecule has 0 bridgehead atoms. The lowest BCUT2D eigenvalue weighted by Crippen LogP contribution is -2.33. The minimum absolute atomic E-state index is 0.0206. The van der Waals surface area contributed by atoms with Crippen molar-refractivity contribution in [1.29, 1.82) is 0 Å². The van der Waals surface area contributed by atoms with E-state index in [9.17, 15) is 21.6 Å². The van der Waals surface area contributed by atoms with Crippen molar-refractivity contribution in [2.24, 2.45) is 0 Å². The minimum atomic E-state index is -4.19. The zero-order chi connectivity index (χ0) is 32.4. The van der Waals surface area contributed by atoms with Crippen molar-refractivity contribution in [2.75, 3.05) is 7.11 Å². The Balaban J connectivity index is 1.57. The third-order valence-corrected chi connectivity index (χ3v) is 11.8. The number of fused-ring (bicyclic) bond motifs is 4. The monoisotopic (exact) mass is 651 g/mol. The fraction of sp³-hybridized carbons (Fsp3) is 0.114. The number of nitrogens with zero attached hydrogens (tertiary/aromatic N) is 2. The number of ether oxygens (including phenoxy) is 1. The molecule has 9 nitrogen and oxygen atoms in total. The molecule has 3 heterocycles. The number of benzene rings is 4. The van der Waals surface area contributed by atoms with Crippen LogP contribution in [0.5, 0.6) is 0 Å². The van der Waals surface area contributed by atoms with Gasteiger partial charge in [-0.25, -0.2) is 29.6 Å². The Morgan fingerprint density at radius 3 is 1.87 bits per heavy atom. The summed E-state index contributed by atoms with van der Waals surface area (Å²) in [6.45, 7) is 3.75. The summed E-state index contributed by atoms with van der Waals surface area (Å²) in [4.78, 5) is 13.3. The standard InChI is InChI=1S/C35H29N3O6S2/c1-22-12-16-25(17-13-22)45(40,41)37-29-10-6-4-8-24(29)20-32(37)34-33-27-9-5-7-11-30(27)38(31(33)21-28(36-34)35(39)44-3)46(42,43)26-18-14-23(2)15-19-26/h4-21,34,36H,1-3H3. The number of methoxy groups -OCH3 is 1. The lowest BCUT2D eigenvalue weighted by molar-refractivity contribution is -0.136. The first-order valence-electron chi connectivity index (χ1n) is 14.5. The van der Waals surface area contributed by atoms with Crippen molar-refractivity contribution in [2.45, 2.75) is 29.7 Å². The second kappa shape index (κ2) is 10.7. The number of para-hydroxylation sites is 2. The number of rotatable bonds is 6. The first-order chi connectivity index (χ1) is 22.0. The van der Waals surface area contributed by atoms with Gasteiger partial charge in [-0.2, -0.15) is 0 Å². The predicted molar refractivity (Wildman–Crippen MR) is 176 cm³/mol. The molecule has 2 aromatic heterocycles. The molecule has 0 spiro atoms. The number of nitrogens with one attached hydrogen (secondary N) is 1. The van der Waals surface area contributed by atoms with Gasteiger partial charge in [0.1, 0.15) is 5.70 Å². The van der Waals surface area contributed by atoms with Gasteiger partial charge in [-0.1, -0.05) is 71.8 Å². The van der Waals surface area contributed by atoms with Gasteiger partial charge in [0.05, 0.1) is 45.4 Å². The number of carbonyl (C=O) groups is 1. The Hall–Kier alpha value is -5.13. The van der Waals surface area contributed by atoms with Crippen LogP contribution in [0.25, 0.3) is 27.9 Å². The summed E-state index contributed by atoms with van der Waals surface area (Å²) >= 11 is 0. The van der Waals surface area contributed by atoms with Crippen LogP contribution in [0.2, 0.25) is 0 Å². The van der Waals surface area contributed by atoms with Gasteiger partial charge < -0.3 is 10.1 Å². The van der Waals surface area contributed by atoms with Crippen LogP contribution in [0.3, 0.4) is 0 Å². The first-order valence-corrected chi connectivity index (χ1v) is 17.3. The highest BCUT2D eigenvalue weighted by Crippen LogP contribution is 2.43. The Bertz CT molecular complexity index is 2440. The van der Waals surface area contributed by atoms with Crippen molar-refractivity contribution in [3.8, 4) is 0 Å². The molecule has 1 aliphatic heterocycles. The third kappa shape index (κ3) is 4.53. The van der Waals surface area contributed by atoms with E-state index in [2.05, 4.69) is 5.32 Å². The van der Waals surface area contributed by atoms with Gasteiger partial charge in [0.2, 0.25) is 0 Å². The van der Waals surface area contributed by atoms with E-state index >= 15 is 0 Å².